The van der Waals surface area contributed by atoms with Crippen LogP contribution in [-0.4, -0.2) is 73.8 Å². The topological polar surface area (TPSA) is 80.1 Å². The third-order valence-corrected chi connectivity index (χ3v) is 4.75. The Labute approximate surface area is 165 Å². The van der Waals surface area contributed by atoms with Gasteiger partial charge in [-0.1, -0.05) is 5.16 Å². The van der Waals surface area contributed by atoms with Gasteiger partial charge in [0.05, 0.1) is 7.11 Å². The molecule has 0 atom stereocenters. The first-order valence-corrected chi connectivity index (χ1v) is 9.57. The monoisotopic (exact) mass is 388 g/mol. The average Bonchev–Trinajstić information content (AvgIpc) is 3.12. The van der Waals surface area contributed by atoms with Crippen molar-refractivity contribution in [1.29, 1.82) is 0 Å². The van der Waals surface area contributed by atoms with Gasteiger partial charge in [0.2, 0.25) is 5.91 Å². The molecular weight excluding hydrogens is 360 g/mol. The van der Waals surface area contributed by atoms with E-state index in [0.29, 0.717) is 24.6 Å². The van der Waals surface area contributed by atoms with Crippen molar-refractivity contribution in [1.82, 2.24) is 15.0 Å². The highest BCUT2D eigenvalue weighted by molar-refractivity contribution is 5.89. The number of hydrogen-bond donors (Lipinski definition) is 1. The van der Waals surface area contributed by atoms with Gasteiger partial charge in [0, 0.05) is 51.8 Å². The van der Waals surface area contributed by atoms with Gasteiger partial charge in [-0.2, -0.15) is 0 Å². The van der Waals surface area contributed by atoms with E-state index < -0.39 is 0 Å². The third-order valence-electron chi connectivity index (χ3n) is 4.75. The molecule has 8 heteroatoms. The van der Waals surface area contributed by atoms with E-state index in [2.05, 4.69) is 20.3 Å². The van der Waals surface area contributed by atoms with Crippen molar-refractivity contribution in [3.8, 4) is 11.5 Å². The standard InChI is InChI=1S/C20H28N4O4/c1-16-15-19(22-28-16)21-20(25)7-8-23-9-11-24(12-10-23)13-14-27-18-5-3-17(26-2)4-6-18/h3-6,15H,7-14H2,1-2H3,(H,21,22,25). The molecule has 2 heterocycles. The second-order valence-electron chi connectivity index (χ2n) is 6.83. The lowest BCUT2D eigenvalue weighted by molar-refractivity contribution is -0.116. The minimum atomic E-state index is -0.0383. The van der Waals surface area contributed by atoms with Crippen LogP contribution in [0.15, 0.2) is 34.9 Å². The first-order valence-electron chi connectivity index (χ1n) is 9.57. The Hall–Kier alpha value is -2.58. The molecule has 28 heavy (non-hydrogen) atoms. The zero-order valence-electron chi connectivity index (χ0n) is 16.5. The van der Waals surface area contributed by atoms with E-state index in [0.717, 1.165) is 50.8 Å². The quantitative estimate of drug-likeness (QED) is 0.704. The zero-order valence-corrected chi connectivity index (χ0v) is 16.5. The van der Waals surface area contributed by atoms with Crippen LogP contribution in [0.25, 0.3) is 0 Å². The van der Waals surface area contributed by atoms with Crippen LogP contribution in [0.5, 0.6) is 11.5 Å². The normalized spacial score (nSPS) is 15.4. The van der Waals surface area contributed by atoms with Crippen molar-refractivity contribution in [3.05, 3.63) is 36.1 Å². The Morgan fingerprint density at radius 3 is 2.36 bits per heavy atom. The summed E-state index contributed by atoms with van der Waals surface area (Å²) in [5.41, 5.74) is 0. The van der Waals surface area contributed by atoms with Gasteiger partial charge in [-0.05, 0) is 31.2 Å². The fraction of sp³-hybridized carbons (Fsp3) is 0.500. The van der Waals surface area contributed by atoms with Crippen molar-refractivity contribution < 1.29 is 18.8 Å². The molecular formula is C20H28N4O4. The van der Waals surface area contributed by atoms with Crippen LogP contribution in [0.1, 0.15) is 12.2 Å². The lowest BCUT2D eigenvalue weighted by Gasteiger charge is -2.34. The molecule has 1 N–H and O–H groups in total. The molecule has 3 rings (SSSR count). The van der Waals surface area contributed by atoms with E-state index in [1.54, 1.807) is 20.1 Å². The first kappa shape index (κ1) is 20.2. The predicted octanol–water partition coefficient (Wildman–Crippen LogP) is 2.02. The molecule has 0 saturated carbocycles. The van der Waals surface area contributed by atoms with Crippen LogP contribution in [0.3, 0.4) is 0 Å². The SMILES string of the molecule is COc1ccc(OCCN2CCN(CCC(=O)Nc3cc(C)on3)CC2)cc1. The Kier molecular flexibility index (Phi) is 7.27. The maximum absolute atomic E-state index is 12.0. The van der Waals surface area contributed by atoms with Gasteiger partial charge < -0.3 is 24.2 Å². The van der Waals surface area contributed by atoms with E-state index in [-0.39, 0.29) is 5.91 Å². The number of aryl methyl sites for hydroxylation is 1. The van der Waals surface area contributed by atoms with Crippen molar-refractivity contribution >= 4 is 11.7 Å². The number of hydrogen-bond acceptors (Lipinski definition) is 7. The number of aromatic nitrogens is 1. The molecule has 152 valence electrons. The molecule has 0 spiro atoms. The fourth-order valence-corrected chi connectivity index (χ4v) is 3.09. The summed E-state index contributed by atoms with van der Waals surface area (Å²) < 4.78 is 15.9. The molecule has 1 fully saturated rings. The van der Waals surface area contributed by atoms with Gasteiger partial charge in [0.15, 0.2) is 5.82 Å². The fourth-order valence-electron chi connectivity index (χ4n) is 3.09. The Morgan fingerprint density at radius 2 is 1.75 bits per heavy atom. The zero-order chi connectivity index (χ0) is 19.8. The molecule has 1 aromatic carbocycles. The maximum Gasteiger partial charge on any atom is 0.226 e. The van der Waals surface area contributed by atoms with E-state index in [4.69, 9.17) is 14.0 Å². The number of nitrogens with one attached hydrogen (secondary N) is 1. The molecule has 0 aliphatic carbocycles. The summed E-state index contributed by atoms with van der Waals surface area (Å²) in [4.78, 5) is 16.7. The van der Waals surface area contributed by atoms with Gasteiger partial charge >= 0.3 is 0 Å². The van der Waals surface area contributed by atoms with Crippen LogP contribution in [0.2, 0.25) is 0 Å². The second kappa shape index (κ2) is 10.1. The Morgan fingerprint density at radius 1 is 1.11 bits per heavy atom. The summed E-state index contributed by atoms with van der Waals surface area (Å²) in [5, 5.41) is 6.53. The largest absolute Gasteiger partial charge is 0.497 e. The van der Waals surface area contributed by atoms with E-state index in [9.17, 15) is 4.79 Å². The number of ether oxygens (including phenoxy) is 2. The number of carbonyl (C=O) groups excluding carboxylic acids is 1. The summed E-state index contributed by atoms with van der Waals surface area (Å²) in [5.74, 6) is 2.80. The summed E-state index contributed by atoms with van der Waals surface area (Å²) in [7, 11) is 1.65. The molecule has 0 unspecified atom stereocenters. The molecule has 1 saturated heterocycles. The molecule has 1 amide bonds. The van der Waals surface area contributed by atoms with Crippen molar-refractivity contribution in [2.45, 2.75) is 13.3 Å². The number of anilines is 1. The van der Waals surface area contributed by atoms with Gasteiger partial charge in [-0.15, -0.1) is 0 Å². The van der Waals surface area contributed by atoms with Crippen molar-refractivity contribution in [3.63, 3.8) is 0 Å². The molecule has 0 bridgehead atoms. The highest BCUT2D eigenvalue weighted by atomic mass is 16.5. The predicted molar refractivity (Wildman–Crippen MR) is 106 cm³/mol. The Bertz CT molecular complexity index is 739. The van der Waals surface area contributed by atoms with Crippen LogP contribution >= 0.6 is 0 Å². The van der Waals surface area contributed by atoms with E-state index in [1.807, 2.05) is 24.3 Å². The number of methoxy groups -OCH3 is 1. The van der Waals surface area contributed by atoms with Crippen molar-refractivity contribution in [2.24, 2.45) is 0 Å². The van der Waals surface area contributed by atoms with E-state index in [1.165, 1.54) is 0 Å². The minimum Gasteiger partial charge on any atom is -0.497 e. The third kappa shape index (κ3) is 6.24. The summed E-state index contributed by atoms with van der Waals surface area (Å²) in [6.07, 6.45) is 0.451. The van der Waals surface area contributed by atoms with Crippen LogP contribution in [0.4, 0.5) is 5.82 Å². The number of nitrogens with zero attached hydrogens (tertiary/aromatic N) is 3. The van der Waals surface area contributed by atoms with Crippen LogP contribution in [0, 0.1) is 6.92 Å². The summed E-state index contributed by atoms with van der Waals surface area (Å²) >= 11 is 0. The van der Waals surface area contributed by atoms with Crippen LogP contribution in [-0.2, 0) is 4.79 Å². The molecule has 2 aromatic rings. The van der Waals surface area contributed by atoms with Gasteiger partial charge in [0.1, 0.15) is 23.9 Å². The minimum absolute atomic E-state index is 0.0383. The number of amides is 1. The lowest BCUT2D eigenvalue weighted by atomic mass is 10.3. The summed E-state index contributed by atoms with van der Waals surface area (Å²) in [6, 6.07) is 9.34. The number of benzene rings is 1. The molecule has 1 aliphatic heterocycles. The van der Waals surface area contributed by atoms with Crippen LogP contribution < -0.4 is 14.8 Å². The van der Waals surface area contributed by atoms with E-state index >= 15 is 0 Å². The highest BCUT2D eigenvalue weighted by Crippen LogP contribution is 2.17. The smallest absolute Gasteiger partial charge is 0.226 e. The molecule has 0 radical (unpaired) electrons. The molecule has 1 aromatic heterocycles. The number of carbonyl (C=O) groups is 1. The summed E-state index contributed by atoms with van der Waals surface area (Å²) in [6.45, 7) is 7.98. The van der Waals surface area contributed by atoms with Gasteiger partial charge in [-0.3, -0.25) is 9.69 Å². The second-order valence-corrected chi connectivity index (χ2v) is 6.83. The first-order chi connectivity index (χ1) is 13.6. The molecule has 8 nitrogen and oxygen atoms in total. The van der Waals surface area contributed by atoms with Crippen molar-refractivity contribution in [2.75, 3.05) is 58.3 Å². The van der Waals surface area contributed by atoms with Gasteiger partial charge in [-0.25, -0.2) is 0 Å². The lowest BCUT2D eigenvalue weighted by Crippen LogP contribution is -2.48. The number of rotatable bonds is 9. The molecule has 1 aliphatic rings. The number of piperazine rings is 1. The highest BCUT2D eigenvalue weighted by Gasteiger charge is 2.17. The Balaban J connectivity index is 1.28. The van der Waals surface area contributed by atoms with Gasteiger partial charge in [0.25, 0.3) is 0 Å². The average molecular weight is 388 g/mol. The maximum atomic E-state index is 12.0.